The van der Waals surface area contributed by atoms with Gasteiger partial charge in [0, 0.05) is 19.2 Å². The monoisotopic (exact) mass is 244 g/mol. The predicted octanol–water partition coefficient (Wildman–Crippen LogP) is 2.24. The molecule has 4 heteroatoms. The first-order valence-corrected chi connectivity index (χ1v) is 5.65. The highest BCUT2D eigenvalue weighted by atomic mass is 16.5. The summed E-state index contributed by atoms with van der Waals surface area (Å²) in [6.07, 6.45) is 2.00. The summed E-state index contributed by atoms with van der Waals surface area (Å²) in [7, 11) is 1.68. The quantitative estimate of drug-likeness (QED) is 0.721. The molecule has 1 amide bonds. The number of hydrogen-bond acceptors (Lipinski definition) is 3. The van der Waals surface area contributed by atoms with Crippen LogP contribution in [0.1, 0.15) is 16.8 Å². The normalized spacial score (nSPS) is 9.33. The minimum Gasteiger partial charge on any atom is -0.490 e. The van der Waals surface area contributed by atoms with Gasteiger partial charge in [0.05, 0.1) is 12.5 Å². The van der Waals surface area contributed by atoms with E-state index in [2.05, 4.69) is 6.58 Å². The van der Waals surface area contributed by atoms with Crippen LogP contribution in [0.5, 0.6) is 5.75 Å². The van der Waals surface area contributed by atoms with Crippen LogP contribution in [0.25, 0.3) is 0 Å². The van der Waals surface area contributed by atoms with Crippen LogP contribution in [0.2, 0.25) is 0 Å². The molecule has 0 spiro atoms. The van der Waals surface area contributed by atoms with Crippen molar-refractivity contribution in [2.45, 2.75) is 6.42 Å². The molecule has 1 rings (SSSR count). The maximum absolute atomic E-state index is 11.9. The molecule has 4 nitrogen and oxygen atoms in total. The summed E-state index contributed by atoms with van der Waals surface area (Å²) in [6, 6.07) is 8.93. The molecule has 0 N–H and O–H groups in total. The Balaban J connectivity index is 2.64. The summed E-state index contributed by atoms with van der Waals surface area (Å²) >= 11 is 0. The minimum atomic E-state index is -0.0967. The van der Waals surface area contributed by atoms with Crippen molar-refractivity contribution in [3.8, 4) is 11.8 Å². The summed E-state index contributed by atoms with van der Waals surface area (Å²) in [5, 5.41) is 8.47. The lowest BCUT2D eigenvalue weighted by Crippen LogP contribution is -2.27. The van der Waals surface area contributed by atoms with E-state index in [4.69, 9.17) is 10.00 Å². The summed E-state index contributed by atoms with van der Waals surface area (Å²) in [5.41, 5.74) is 0.585. The van der Waals surface area contributed by atoms with E-state index in [1.165, 1.54) is 4.90 Å². The van der Waals surface area contributed by atoms with Crippen molar-refractivity contribution in [2.24, 2.45) is 0 Å². The van der Waals surface area contributed by atoms with Crippen LogP contribution in [-0.2, 0) is 0 Å². The first-order chi connectivity index (χ1) is 8.69. The molecule has 0 unspecified atom stereocenters. The van der Waals surface area contributed by atoms with Gasteiger partial charge in [-0.05, 0) is 24.3 Å². The standard InChI is InChI=1S/C14H16N2O2/c1-3-11-18-13-7-5-12(6-8-13)14(17)16(2)10-4-9-15/h3,5-8H,1,4,10-11H2,2H3. The topological polar surface area (TPSA) is 53.3 Å². The molecule has 0 saturated heterocycles. The van der Waals surface area contributed by atoms with Gasteiger partial charge in [-0.2, -0.15) is 5.26 Å². The highest BCUT2D eigenvalue weighted by molar-refractivity contribution is 5.94. The van der Waals surface area contributed by atoms with Crippen LogP contribution in [0.4, 0.5) is 0 Å². The molecule has 1 aromatic carbocycles. The van der Waals surface area contributed by atoms with Crippen molar-refractivity contribution in [3.05, 3.63) is 42.5 Å². The molecule has 1 aromatic rings. The van der Waals surface area contributed by atoms with E-state index in [9.17, 15) is 4.79 Å². The van der Waals surface area contributed by atoms with Crippen LogP contribution < -0.4 is 4.74 Å². The average molecular weight is 244 g/mol. The van der Waals surface area contributed by atoms with Gasteiger partial charge in [-0.25, -0.2) is 0 Å². The second-order valence-electron chi connectivity index (χ2n) is 3.76. The molecule has 0 atom stereocenters. The zero-order valence-electron chi connectivity index (χ0n) is 10.4. The van der Waals surface area contributed by atoms with Crippen LogP contribution in [-0.4, -0.2) is 31.0 Å². The molecular formula is C14H16N2O2. The lowest BCUT2D eigenvalue weighted by atomic mass is 10.2. The Hall–Kier alpha value is -2.28. The van der Waals surface area contributed by atoms with Crippen molar-refractivity contribution in [1.29, 1.82) is 5.26 Å². The number of rotatable bonds is 6. The zero-order chi connectivity index (χ0) is 13.4. The molecule has 0 bridgehead atoms. The zero-order valence-corrected chi connectivity index (χ0v) is 10.4. The number of nitrogens with zero attached hydrogens (tertiary/aromatic N) is 2. The molecule has 0 aliphatic rings. The number of amides is 1. The van der Waals surface area contributed by atoms with E-state index < -0.39 is 0 Å². The van der Waals surface area contributed by atoms with Crippen molar-refractivity contribution in [1.82, 2.24) is 4.90 Å². The maximum atomic E-state index is 11.9. The van der Waals surface area contributed by atoms with Gasteiger partial charge < -0.3 is 9.64 Å². The Morgan fingerprint density at radius 2 is 2.17 bits per heavy atom. The number of nitriles is 1. The van der Waals surface area contributed by atoms with Gasteiger partial charge in [0.1, 0.15) is 12.4 Å². The summed E-state index contributed by atoms with van der Waals surface area (Å²) in [5.74, 6) is 0.603. The third-order valence-corrected chi connectivity index (χ3v) is 2.37. The second kappa shape index (κ2) is 7.13. The van der Waals surface area contributed by atoms with Crippen molar-refractivity contribution in [3.63, 3.8) is 0 Å². The summed E-state index contributed by atoms with van der Waals surface area (Å²) in [6.45, 7) is 4.44. The van der Waals surface area contributed by atoms with Crippen LogP contribution >= 0.6 is 0 Å². The van der Waals surface area contributed by atoms with Gasteiger partial charge in [0.2, 0.25) is 0 Å². The fourth-order valence-corrected chi connectivity index (χ4v) is 1.39. The van der Waals surface area contributed by atoms with Crippen molar-refractivity contribution >= 4 is 5.91 Å². The molecule has 0 fully saturated rings. The minimum absolute atomic E-state index is 0.0967. The van der Waals surface area contributed by atoms with E-state index in [1.807, 2.05) is 6.07 Å². The largest absolute Gasteiger partial charge is 0.490 e. The fourth-order valence-electron chi connectivity index (χ4n) is 1.39. The van der Waals surface area contributed by atoms with E-state index >= 15 is 0 Å². The number of carbonyl (C=O) groups excluding carboxylic acids is 1. The van der Waals surface area contributed by atoms with Gasteiger partial charge in [-0.1, -0.05) is 12.7 Å². The molecule has 0 radical (unpaired) electrons. The number of carbonyl (C=O) groups is 1. The first kappa shape index (κ1) is 13.8. The average Bonchev–Trinajstić information content (AvgIpc) is 2.42. The van der Waals surface area contributed by atoms with Gasteiger partial charge in [-0.3, -0.25) is 4.79 Å². The third kappa shape index (κ3) is 3.95. The molecule has 18 heavy (non-hydrogen) atoms. The molecule has 0 aliphatic heterocycles. The predicted molar refractivity (Wildman–Crippen MR) is 69.3 cm³/mol. The number of benzene rings is 1. The molecule has 0 aliphatic carbocycles. The second-order valence-corrected chi connectivity index (χ2v) is 3.76. The van der Waals surface area contributed by atoms with Gasteiger partial charge in [-0.15, -0.1) is 0 Å². The number of hydrogen-bond donors (Lipinski definition) is 0. The lowest BCUT2D eigenvalue weighted by Gasteiger charge is -2.15. The van der Waals surface area contributed by atoms with Crippen molar-refractivity contribution < 1.29 is 9.53 Å². The van der Waals surface area contributed by atoms with E-state index in [1.54, 1.807) is 37.4 Å². The van der Waals surface area contributed by atoms with E-state index in [0.717, 1.165) is 0 Å². The molecule has 0 heterocycles. The third-order valence-electron chi connectivity index (χ3n) is 2.37. The van der Waals surface area contributed by atoms with Gasteiger partial charge >= 0.3 is 0 Å². The first-order valence-electron chi connectivity index (χ1n) is 5.65. The maximum Gasteiger partial charge on any atom is 0.253 e. The lowest BCUT2D eigenvalue weighted by molar-refractivity contribution is 0.0798. The van der Waals surface area contributed by atoms with E-state index in [-0.39, 0.29) is 5.91 Å². The molecule has 0 aromatic heterocycles. The fraction of sp³-hybridized carbons (Fsp3) is 0.286. The van der Waals surface area contributed by atoms with Crippen molar-refractivity contribution in [2.75, 3.05) is 20.2 Å². The molecular weight excluding hydrogens is 228 g/mol. The Morgan fingerprint density at radius 3 is 2.72 bits per heavy atom. The van der Waals surface area contributed by atoms with E-state index in [0.29, 0.717) is 30.9 Å². The Bertz CT molecular complexity index is 446. The Kier molecular flexibility index (Phi) is 5.46. The SMILES string of the molecule is C=CCOc1ccc(C(=O)N(C)CCC#N)cc1. The number of ether oxygens (including phenoxy) is 1. The van der Waals surface area contributed by atoms with Gasteiger partial charge in [0.25, 0.3) is 5.91 Å². The summed E-state index contributed by atoms with van der Waals surface area (Å²) in [4.78, 5) is 13.5. The van der Waals surface area contributed by atoms with Gasteiger partial charge in [0.15, 0.2) is 0 Å². The Morgan fingerprint density at radius 1 is 1.50 bits per heavy atom. The highest BCUT2D eigenvalue weighted by Gasteiger charge is 2.10. The molecule has 0 saturated carbocycles. The highest BCUT2D eigenvalue weighted by Crippen LogP contribution is 2.13. The molecule has 94 valence electrons. The smallest absolute Gasteiger partial charge is 0.253 e. The summed E-state index contributed by atoms with van der Waals surface area (Å²) < 4.78 is 5.33. The Labute approximate surface area is 107 Å². The van der Waals surface area contributed by atoms with Crippen LogP contribution in [0.15, 0.2) is 36.9 Å². The van der Waals surface area contributed by atoms with Crippen LogP contribution in [0, 0.1) is 11.3 Å². The van der Waals surface area contributed by atoms with Crippen LogP contribution in [0.3, 0.4) is 0 Å².